The highest BCUT2D eigenvalue weighted by atomic mass is 35.5. The number of rotatable bonds is 2. The molecule has 0 atom stereocenters. The molecule has 0 amide bonds. The highest BCUT2D eigenvalue weighted by Gasteiger charge is 2.12. The molecule has 15 heavy (non-hydrogen) atoms. The highest BCUT2D eigenvalue weighted by molar-refractivity contribution is 8.40. The third kappa shape index (κ3) is 3.30. The Balaban J connectivity index is 1.85. The van der Waals surface area contributed by atoms with Crippen LogP contribution in [0.4, 0.5) is 0 Å². The Labute approximate surface area is 103 Å². The van der Waals surface area contributed by atoms with Crippen LogP contribution >= 0.6 is 35.1 Å². The van der Waals surface area contributed by atoms with E-state index in [1.165, 1.54) is 5.56 Å². The summed E-state index contributed by atoms with van der Waals surface area (Å²) in [6, 6.07) is 10.4. The van der Waals surface area contributed by atoms with Crippen molar-refractivity contribution in [2.75, 3.05) is 6.54 Å². The molecular formula is C11H10ClNS2. The van der Waals surface area contributed by atoms with Crippen LogP contribution in [-0.4, -0.2) is 10.9 Å². The van der Waals surface area contributed by atoms with Crippen LogP contribution in [0.15, 0.2) is 45.8 Å². The van der Waals surface area contributed by atoms with Gasteiger partial charge in [-0.15, -0.1) is 0 Å². The molecule has 0 N–H and O–H groups in total. The molecule has 0 saturated heterocycles. The van der Waals surface area contributed by atoms with Gasteiger partial charge in [0.25, 0.3) is 0 Å². The zero-order valence-corrected chi connectivity index (χ0v) is 10.4. The first-order valence-electron chi connectivity index (χ1n) is 4.57. The number of halogens is 1. The lowest BCUT2D eigenvalue weighted by Gasteiger charge is -1.99. The molecule has 2 rings (SSSR count). The van der Waals surface area contributed by atoms with Gasteiger partial charge >= 0.3 is 0 Å². The molecule has 0 unspecified atom stereocenters. The fourth-order valence-electron chi connectivity index (χ4n) is 1.17. The second-order valence-corrected chi connectivity index (χ2v) is 5.59. The number of benzene rings is 1. The van der Waals surface area contributed by atoms with Crippen LogP contribution in [0.3, 0.4) is 0 Å². The first-order chi connectivity index (χ1) is 7.38. The summed E-state index contributed by atoms with van der Waals surface area (Å²) >= 11 is 9.07. The molecule has 0 aromatic heterocycles. The van der Waals surface area contributed by atoms with E-state index in [1.54, 1.807) is 29.1 Å². The predicted octanol–water partition coefficient (Wildman–Crippen LogP) is 4.10. The third-order valence-electron chi connectivity index (χ3n) is 1.91. The summed E-state index contributed by atoms with van der Waals surface area (Å²) in [5, 5.41) is 0. The average molecular weight is 256 g/mol. The number of nitrogens with zero attached hydrogens (tertiary/aromatic N) is 1. The van der Waals surface area contributed by atoms with Crippen LogP contribution < -0.4 is 0 Å². The predicted molar refractivity (Wildman–Crippen MR) is 71.6 cm³/mol. The molecule has 1 aromatic rings. The summed E-state index contributed by atoms with van der Waals surface area (Å²) in [5.41, 5.74) is 2.94. The van der Waals surface area contributed by atoms with E-state index >= 15 is 0 Å². The molecule has 0 spiro atoms. The molecule has 1 nitrogen and oxygen atoms in total. The quantitative estimate of drug-likeness (QED) is 0.789. The Morgan fingerprint density at radius 1 is 1.40 bits per heavy atom. The van der Waals surface area contributed by atoms with Gasteiger partial charge in [0.1, 0.15) is 4.38 Å². The van der Waals surface area contributed by atoms with E-state index in [0.29, 0.717) is 0 Å². The molecule has 1 heterocycles. The van der Waals surface area contributed by atoms with Gasteiger partial charge in [-0.1, -0.05) is 65.5 Å². The van der Waals surface area contributed by atoms with Crippen molar-refractivity contribution in [3.63, 3.8) is 0 Å². The number of hydrogen-bond donors (Lipinski definition) is 0. The maximum atomic E-state index is 5.62. The van der Waals surface area contributed by atoms with Crippen molar-refractivity contribution >= 4 is 39.5 Å². The summed E-state index contributed by atoms with van der Waals surface area (Å²) in [6.45, 7) is 0.741. The Bertz CT molecular complexity index is 387. The largest absolute Gasteiger partial charge is 0.266 e. The number of hydrogen-bond acceptors (Lipinski definition) is 3. The van der Waals surface area contributed by atoms with E-state index < -0.39 is 0 Å². The third-order valence-corrected chi connectivity index (χ3v) is 4.57. The van der Waals surface area contributed by atoms with Crippen LogP contribution in [0.2, 0.25) is 0 Å². The van der Waals surface area contributed by atoms with E-state index in [2.05, 4.69) is 29.3 Å². The fraction of sp³-hybridized carbons (Fsp3) is 0.182. The minimum atomic E-state index is 0.741. The van der Waals surface area contributed by atoms with E-state index in [0.717, 1.165) is 21.6 Å². The van der Waals surface area contributed by atoms with Crippen LogP contribution in [0, 0.1) is 0 Å². The Hall–Kier alpha value is -0.380. The van der Waals surface area contributed by atoms with Gasteiger partial charge in [0, 0.05) is 16.2 Å². The average Bonchev–Trinajstić information content (AvgIpc) is 2.76. The number of thioether (sulfide) groups is 2. The van der Waals surface area contributed by atoms with Gasteiger partial charge in [-0.3, -0.25) is 4.99 Å². The molecule has 1 aliphatic heterocycles. The van der Waals surface area contributed by atoms with Gasteiger partial charge in [0.2, 0.25) is 0 Å². The minimum Gasteiger partial charge on any atom is -0.266 e. The van der Waals surface area contributed by atoms with Crippen molar-refractivity contribution in [3.05, 3.63) is 46.3 Å². The maximum absolute atomic E-state index is 5.62. The van der Waals surface area contributed by atoms with Crippen LogP contribution in [0.25, 0.3) is 0 Å². The van der Waals surface area contributed by atoms with E-state index in [1.807, 2.05) is 6.07 Å². The molecule has 0 saturated carbocycles. The van der Waals surface area contributed by atoms with E-state index in [4.69, 9.17) is 11.6 Å². The van der Waals surface area contributed by atoms with Crippen molar-refractivity contribution in [2.24, 2.45) is 4.99 Å². The molecule has 78 valence electrons. The molecule has 1 aliphatic rings. The molecular weight excluding hydrogens is 246 g/mol. The van der Waals surface area contributed by atoms with Crippen molar-refractivity contribution in [3.8, 4) is 0 Å². The molecule has 0 fully saturated rings. The smallest absolute Gasteiger partial charge is 0.129 e. The van der Waals surface area contributed by atoms with Gasteiger partial charge < -0.3 is 0 Å². The van der Waals surface area contributed by atoms with Crippen LogP contribution in [0.1, 0.15) is 5.56 Å². The van der Waals surface area contributed by atoms with Crippen molar-refractivity contribution in [1.82, 2.24) is 0 Å². The summed E-state index contributed by atoms with van der Waals surface area (Å²) in [4.78, 5) is 5.52. The van der Waals surface area contributed by atoms with Gasteiger partial charge in [-0.25, -0.2) is 0 Å². The lowest BCUT2D eigenvalue weighted by Crippen LogP contribution is -1.83. The summed E-state index contributed by atoms with van der Waals surface area (Å²) in [6.07, 6.45) is 0. The maximum Gasteiger partial charge on any atom is 0.129 e. The van der Waals surface area contributed by atoms with E-state index in [-0.39, 0.29) is 0 Å². The highest BCUT2D eigenvalue weighted by Crippen LogP contribution is 2.32. The van der Waals surface area contributed by atoms with Crippen molar-refractivity contribution < 1.29 is 0 Å². The lowest BCUT2D eigenvalue weighted by atomic mass is 10.2. The van der Waals surface area contributed by atoms with Crippen molar-refractivity contribution in [2.45, 2.75) is 5.75 Å². The van der Waals surface area contributed by atoms with Crippen LogP contribution in [0.5, 0.6) is 0 Å². The Kier molecular flexibility index (Phi) is 4.18. The van der Waals surface area contributed by atoms with Crippen LogP contribution in [-0.2, 0) is 5.75 Å². The van der Waals surface area contributed by atoms with E-state index in [9.17, 15) is 0 Å². The molecule has 4 heteroatoms. The van der Waals surface area contributed by atoms with Gasteiger partial charge in [0.05, 0.1) is 6.54 Å². The first kappa shape index (κ1) is 11.1. The Morgan fingerprint density at radius 3 is 2.87 bits per heavy atom. The molecule has 0 radical (unpaired) electrons. The molecule has 0 bridgehead atoms. The summed E-state index contributed by atoms with van der Waals surface area (Å²) in [5.74, 6) is 0.974. The number of aliphatic imine (C=N–C) groups is 1. The zero-order chi connectivity index (χ0) is 10.5. The SMILES string of the molecule is ClC=C1CN=C(SCc2ccccc2)S1. The monoisotopic (exact) mass is 255 g/mol. The fourth-order valence-corrected chi connectivity index (χ4v) is 3.27. The Morgan fingerprint density at radius 2 is 2.20 bits per heavy atom. The standard InChI is InChI=1S/C11H10ClNS2/c12-6-10-7-13-11(15-10)14-8-9-4-2-1-3-5-9/h1-6H,7-8H2. The van der Waals surface area contributed by atoms with Gasteiger partial charge in [-0.05, 0) is 5.56 Å². The lowest BCUT2D eigenvalue weighted by molar-refractivity contribution is 1.26. The van der Waals surface area contributed by atoms with Gasteiger partial charge in [0.15, 0.2) is 0 Å². The second-order valence-electron chi connectivity index (χ2n) is 3.03. The van der Waals surface area contributed by atoms with Crippen molar-refractivity contribution in [1.29, 1.82) is 0 Å². The molecule has 1 aromatic carbocycles. The molecule has 0 aliphatic carbocycles. The summed E-state index contributed by atoms with van der Waals surface area (Å²) in [7, 11) is 0. The second kappa shape index (κ2) is 5.64. The zero-order valence-electron chi connectivity index (χ0n) is 8.02. The summed E-state index contributed by atoms with van der Waals surface area (Å²) < 4.78 is 1.12. The normalized spacial score (nSPS) is 18.2. The van der Waals surface area contributed by atoms with Gasteiger partial charge in [-0.2, -0.15) is 0 Å². The minimum absolute atomic E-state index is 0.741. The first-order valence-corrected chi connectivity index (χ1v) is 6.80. The topological polar surface area (TPSA) is 12.4 Å².